The predicted molar refractivity (Wildman–Crippen MR) is 93.5 cm³/mol. The molecule has 0 aliphatic carbocycles. The molecule has 8 heteroatoms. The lowest BCUT2D eigenvalue weighted by Gasteiger charge is -2.13. The maximum atomic E-state index is 12.4. The lowest BCUT2D eigenvalue weighted by Crippen LogP contribution is -2.42. The van der Waals surface area contributed by atoms with Crippen LogP contribution in [0.1, 0.15) is 23.0 Å². The number of rotatable bonds is 6. The van der Waals surface area contributed by atoms with Crippen molar-refractivity contribution in [3.8, 4) is 0 Å². The fourth-order valence-corrected chi connectivity index (χ4v) is 2.31. The molecule has 1 aromatic carbocycles. The summed E-state index contributed by atoms with van der Waals surface area (Å²) in [5, 5.41) is 13.7. The Morgan fingerprint density at radius 3 is 2.52 bits per heavy atom. The van der Waals surface area contributed by atoms with Crippen LogP contribution in [-0.4, -0.2) is 28.9 Å². The van der Waals surface area contributed by atoms with Crippen molar-refractivity contribution in [3.05, 3.63) is 64.2 Å². The van der Waals surface area contributed by atoms with E-state index in [1.165, 1.54) is 19.3 Å². The number of furan rings is 1. The zero-order valence-electron chi connectivity index (χ0n) is 13.2. The monoisotopic (exact) mass is 406 g/mol. The molecule has 0 aliphatic heterocycles. The van der Waals surface area contributed by atoms with Crippen LogP contribution in [0.5, 0.6) is 0 Å². The van der Waals surface area contributed by atoms with Gasteiger partial charge in [0.05, 0.1) is 11.8 Å². The molecule has 0 saturated carbocycles. The summed E-state index contributed by atoms with van der Waals surface area (Å²) in [6, 6.07) is 8.81. The molecule has 0 spiro atoms. The van der Waals surface area contributed by atoms with Crippen LogP contribution in [0.2, 0.25) is 0 Å². The number of carboxylic acids is 1. The van der Waals surface area contributed by atoms with Gasteiger partial charge in [0, 0.05) is 10.5 Å². The van der Waals surface area contributed by atoms with E-state index in [1.807, 2.05) is 0 Å². The number of hydrogen-bond donors (Lipinski definition) is 3. The van der Waals surface area contributed by atoms with Crippen LogP contribution in [0.25, 0.3) is 6.08 Å². The fourth-order valence-electron chi connectivity index (χ4n) is 1.85. The van der Waals surface area contributed by atoms with Gasteiger partial charge in [-0.3, -0.25) is 14.4 Å². The van der Waals surface area contributed by atoms with Crippen LogP contribution in [0, 0.1) is 0 Å². The number of carbonyl (C=O) groups excluding carboxylic acids is 2. The van der Waals surface area contributed by atoms with E-state index in [4.69, 9.17) is 9.52 Å². The first-order valence-corrected chi connectivity index (χ1v) is 8.02. The lowest BCUT2D eigenvalue weighted by atomic mass is 10.2. The van der Waals surface area contributed by atoms with Crippen LogP contribution in [0.3, 0.4) is 0 Å². The van der Waals surface area contributed by atoms with E-state index in [2.05, 4.69) is 26.6 Å². The largest absolute Gasteiger partial charge is 0.480 e. The van der Waals surface area contributed by atoms with Gasteiger partial charge in [-0.1, -0.05) is 12.1 Å². The Kier molecular flexibility index (Phi) is 6.13. The molecule has 0 radical (unpaired) electrons. The molecule has 7 nitrogen and oxygen atoms in total. The third kappa shape index (κ3) is 5.05. The van der Waals surface area contributed by atoms with E-state index in [-0.39, 0.29) is 5.70 Å². The molecular formula is C17H15BrN2O5. The SMILES string of the molecule is C[C@H](NC(=O)/C(=C\c1ccco1)NC(=O)c1ccccc1Br)C(=O)O. The topological polar surface area (TPSA) is 109 Å². The molecule has 2 aromatic rings. The Bertz CT molecular complexity index is 814. The van der Waals surface area contributed by atoms with Crippen molar-refractivity contribution in [2.45, 2.75) is 13.0 Å². The van der Waals surface area contributed by atoms with Crippen LogP contribution in [0.4, 0.5) is 0 Å². The van der Waals surface area contributed by atoms with E-state index in [1.54, 1.807) is 36.4 Å². The van der Waals surface area contributed by atoms with Gasteiger partial charge >= 0.3 is 5.97 Å². The summed E-state index contributed by atoms with van der Waals surface area (Å²) >= 11 is 3.27. The van der Waals surface area contributed by atoms with Gasteiger partial charge in [0.2, 0.25) is 0 Å². The number of carbonyl (C=O) groups is 3. The number of benzene rings is 1. The highest BCUT2D eigenvalue weighted by atomic mass is 79.9. The second kappa shape index (κ2) is 8.29. The van der Waals surface area contributed by atoms with Crippen molar-refractivity contribution in [3.63, 3.8) is 0 Å². The molecule has 0 unspecified atom stereocenters. The molecule has 1 atom stereocenters. The Morgan fingerprint density at radius 1 is 1.20 bits per heavy atom. The highest BCUT2D eigenvalue weighted by Gasteiger charge is 2.20. The summed E-state index contributed by atoms with van der Waals surface area (Å²) in [6.07, 6.45) is 2.73. The highest BCUT2D eigenvalue weighted by molar-refractivity contribution is 9.10. The number of halogens is 1. The number of nitrogens with one attached hydrogen (secondary N) is 2. The van der Waals surface area contributed by atoms with Gasteiger partial charge in [0.1, 0.15) is 17.5 Å². The molecule has 2 amide bonds. The molecule has 130 valence electrons. The van der Waals surface area contributed by atoms with Crippen LogP contribution in [0.15, 0.2) is 57.2 Å². The van der Waals surface area contributed by atoms with Crippen molar-refractivity contribution in [2.24, 2.45) is 0 Å². The highest BCUT2D eigenvalue weighted by Crippen LogP contribution is 2.16. The lowest BCUT2D eigenvalue weighted by molar-refractivity contribution is -0.140. The summed E-state index contributed by atoms with van der Waals surface area (Å²) in [4.78, 5) is 35.7. The average Bonchev–Trinajstić information content (AvgIpc) is 3.07. The van der Waals surface area contributed by atoms with Gasteiger partial charge in [-0.2, -0.15) is 0 Å². The third-order valence-electron chi connectivity index (χ3n) is 3.16. The quantitative estimate of drug-likeness (QED) is 0.638. The van der Waals surface area contributed by atoms with Crippen molar-refractivity contribution in [1.29, 1.82) is 0 Å². The number of amides is 2. The van der Waals surface area contributed by atoms with E-state index in [0.717, 1.165) is 0 Å². The number of aliphatic carboxylic acids is 1. The first-order chi connectivity index (χ1) is 11.9. The maximum Gasteiger partial charge on any atom is 0.325 e. The molecular weight excluding hydrogens is 392 g/mol. The summed E-state index contributed by atoms with van der Waals surface area (Å²) in [6.45, 7) is 1.32. The Labute approximate surface area is 151 Å². The molecule has 25 heavy (non-hydrogen) atoms. The molecule has 3 N–H and O–H groups in total. The van der Waals surface area contributed by atoms with Crippen LogP contribution >= 0.6 is 15.9 Å². The standard InChI is InChI=1S/C17H15BrN2O5/c1-10(17(23)24)19-16(22)14(9-11-5-4-8-25-11)20-15(21)12-6-2-3-7-13(12)18/h2-10H,1H3,(H,19,22)(H,20,21)(H,23,24)/b14-9+/t10-/m0/s1. The Balaban J connectivity index is 2.26. The van der Waals surface area contributed by atoms with Crippen molar-refractivity contribution < 1.29 is 23.9 Å². The second-order valence-electron chi connectivity index (χ2n) is 5.04. The molecule has 0 saturated heterocycles. The van der Waals surface area contributed by atoms with Gasteiger partial charge < -0.3 is 20.2 Å². The first-order valence-electron chi connectivity index (χ1n) is 7.23. The summed E-state index contributed by atoms with van der Waals surface area (Å²) < 4.78 is 5.70. The van der Waals surface area contributed by atoms with E-state index >= 15 is 0 Å². The predicted octanol–water partition coefficient (Wildman–Crippen LogP) is 2.40. The van der Waals surface area contributed by atoms with Crippen LogP contribution < -0.4 is 10.6 Å². The number of carboxylic acid groups (broad SMARTS) is 1. The van der Waals surface area contributed by atoms with Crippen molar-refractivity contribution in [1.82, 2.24) is 10.6 Å². The Hall–Kier alpha value is -2.87. The summed E-state index contributed by atoms with van der Waals surface area (Å²) in [5.74, 6) is -2.13. The van der Waals surface area contributed by atoms with Crippen molar-refractivity contribution >= 4 is 39.8 Å². The summed E-state index contributed by atoms with van der Waals surface area (Å²) in [5.41, 5.74) is 0.190. The van der Waals surface area contributed by atoms with E-state index < -0.39 is 23.8 Å². The average molecular weight is 407 g/mol. The zero-order valence-corrected chi connectivity index (χ0v) is 14.7. The normalized spacial score (nSPS) is 12.3. The number of hydrogen-bond acceptors (Lipinski definition) is 4. The molecule has 0 aliphatic rings. The minimum atomic E-state index is -1.19. The Morgan fingerprint density at radius 2 is 1.92 bits per heavy atom. The van der Waals surface area contributed by atoms with Gasteiger partial charge in [0.15, 0.2) is 0 Å². The van der Waals surface area contributed by atoms with Gasteiger partial charge in [0.25, 0.3) is 11.8 Å². The second-order valence-corrected chi connectivity index (χ2v) is 5.90. The van der Waals surface area contributed by atoms with Crippen LogP contribution in [-0.2, 0) is 9.59 Å². The smallest absolute Gasteiger partial charge is 0.325 e. The first kappa shape index (κ1) is 18.5. The van der Waals surface area contributed by atoms with E-state index in [9.17, 15) is 14.4 Å². The van der Waals surface area contributed by atoms with Crippen molar-refractivity contribution in [2.75, 3.05) is 0 Å². The minimum absolute atomic E-state index is 0.135. The molecule has 0 bridgehead atoms. The fraction of sp³-hybridized carbons (Fsp3) is 0.118. The van der Waals surface area contributed by atoms with Gasteiger partial charge in [-0.15, -0.1) is 0 Å². The third-order valence-corrected chi connectivity index (χ3v) is 3.85. The minimum Gasteiger partial charge on any atom is -0.480 e. The van der Waals surface area contributed by atoms with E-state index in [0.29, 0.717) is 15.8 Å². The zero-order chi connectivity index (χ0) is 18.4. The van der Waals surface area contributed by atoms with Gasteiger partial charge in [-0.05, 0) is 47.1 Å². The van der Waals surface area contributed by atoms with Gasteiger partial charge in [-0.25, -0.2) is 0 Å². The molecule has 1 aromatic heterocycles. The maximum absolute atomic E-state index is 12.4. The molecule has 2 rings (SSSR count). The molecule has 0 fully saturated rings. The summed E-state index contributed by atoms with van der Waals surface area (Å²) in [7, 11) is 0. The molecule has 1 heterocycles.